The molecule has 0 aromatic heterocycles. The molecule has 0 saturated heterocycles. The molecule has 2 aromatic carbocycles. The van der Waals surface area contributed by atoms with Crippen LogP contribution < -0.4 is 4.90 Å². The van der Waals surface area contributed by atoms with Gasteiger partial charge in [-0.2, -0.15) is 0 Å². The fourth-order valence-corrected chi connectivity index (χ4v) is 2.59. The second kappa shape index (κ2) is 9.21. The van der Waals surface area contributed by atoms with E-state index in [1.54, 1.807) is 6.21 Å². The van der Waals surface area contributed by atoms with Crippen molar-refractivity contribution in [3.05, 3.63) is 65.7 Å². The molecule has 0 bridgehead atoms. The van der Waals surface area contributed by atoms with Crippen LogP contribution in [0.15, 0.2) is 59.8 Å². The lowest BCUT2D eigenvalue weighted by molar-refractivity contribution is -0.141. The van der Waals surface area contributed by atoms with Crippen LogP contribution in [0.25, 0.3) is 0 Å². The number of benzene rings is 2. The average molecular weight is 367 g/mol. The summed E-state index contributed by atoms with van der Waals surface area (Å²) in [7, 11) is 3.99. The van der Waals surface area contributed by atoms with E-state index >= 15 is 0 Å². The minimum absolute atomic E-state index is 0.0869. The van der Waals surface area contributed by atoms with Crippen LogP contribution in [0.5, 0.6) is 0 Å². The van der Waals surface area contributed by atoms with Crippen LogP contribution >= 0.6 is 0 Å². The maximum atomic E-state index is 12.6. The Labute approximate surface area is 162 Å². The van der Waals surface area contributed by atoms with E-state index in [4.69, 9.17) is 4.84 Å². The number of hydrogen-bond donors (Lipinski definition) is 0. The Morgan fingerprint density at radius 1 is 1.04 bits per heavy atom. The molecule has 0 aliphatic heterocycles. The summed E-state index contributed by atoms with van der Waals surface area (Å²) in [6, 6.07) is 17.9. The Hall–Kier alpha value is -2.82. The summed E-state index contributed by atoms with van der Waals surface area (Å²) in [5, 5.41) is 3.94. The summed E-state index contributed by atoms with van der Waals surface area (Å²) in [5.41, 5.74) is 2.82. The molecule has 0 heterocycles. The van der Waals surface area contributed by atoms with E-state index in [-0.39, 0.29) is 18.1 Å². The third-order valence-corrected chi connectivity index (χ3v) is 4.17. The molecule has 2 rings (SSSR count). The van der Waals surface area contributed by atoms with E-state index in [1.807, 2.05) is 99.3 Å². The standard InChI is InChI=1S/C22H29N3O2/c1-22(2,3)25(16-19-9-7-6-8-10-19)21(26)17-27-23-15-18-11-13-20(14-12-18)24(4)5/h6-15H,16-17H2,1-5H3. The highest BCUT2D eigenvalue weighted by Crippen LogP contribution is 2.18. The predicted molar refractivity (Wildman–Crippen MR) is 111 cm³/mol. The number of rotatable bonds is 7. The topological polar surface area (TPSA) is 45.1 Å². The van der Waals surface area contributed by atoms with Gasteiger partial charge >= 0.3 is 0 Å². The summed E-state index contributed by atoms with van der Waals surface area (Å²) in [6.07, 6.45) is 1.62. The van der Waals surface area contributed by atoms with E-state index in [1.165, 1.54) is 0 Å². The van der Waals surface area contributed by atoms with Gasteiger partial charge in [-0.1, -0.05) is 47.6 Å². The molecule has 5 nitrogen and oxygen atoms in total. The first kappa shape index (κ1) is 20.5. The van der Waals surface area contributed by atoms with Gasteiger partial charge in [-0.25, -0.2) is 0 Å². The molecule has 27 heavy (non-hydrogen) atoms. The summed E-state index contributed by atoms with van der Waals surface area (Å²) in [4.78, 5) is 21.7. The Kier molecular flexibility index (Phi) is 6.99. The van der Waals surface area contributed by atoms with Crippen molar-refractivity contribution < 1.29 is 9.63 Å². The van der Waals surface area contributed by atoms with Crippen molar-refractivity contribution in [2.24, 2.45) is 5.16 Å². The molecule has 0 aliphatic rings. The largest absolute Gasteiger partial charge is 0.386 e. The van der Waals surface area contributed by atoms with Crippen LogP contribution in [0, 0.1) is 0 Å². The number of amides is 1. The molecule has 0 spiro atoms. The van der Waals surface area contributed by atoms with Crippen LogP contribution in [-0.4, -0.2) is 43.3 Å². The van der Waals surface area contributed by atoms with E-state index in [2.05, 4.69) is 5.16 Å². The van der Waals surface area contributed by atoms with Gasteiger partial charge in [-0.3, -0.25) is 4.79 Å². The smallest absolute Gasteiger partial charge is 0.264 e. The second-order valence-electron chi connectivity index (χ2n) is 7.63. The summed E-state index contributed by atoms with van der Waals surface area (Å²) in [5.74, 6) is -0.0912. The normalized spacial score (nSPS) is 11.4. The highest BCUT2D eigenvalue weighted by molar-refractivity contribution is 5.80. The van der Waals surface area contributed by atoms with Gasteiger partial charge in [-0.15, -0.1) is 0 Å². The number of nitrogens with zero attached hydrogens (tertiary/aromatic N) is 3. The number of hydrogen-bond acceptors (Lipinski definition) is 4. The lowest BCUT2D eigenvalue weighted by atomic mass is 10.0. The molecule has 0 fully saturated rings. The van der Waals surface area contributed by atoms with Crippen molar-refractivity contribution in [2.75, 3.05) is 25.6 Å². The molecular formula is C22H29N3O2. The Morgan fingerprint density at radius 2 is 1.67 bits per heavy atom. The van der Waals surface area contributed by atoms with Crippen LogP contribution in [0.4, 0.5) is 5.69 Å². The Morgan fingerprint density at radius 3 is 2.22 bits per heavy atom. The second-order valence-corrected chi connectivity index (χ2v) is 7.63. The minimum atomic E-state index is -0.304. The summed E-state index contributed by atoms with van der Waals surface area (Å²) in [6.45, 7) is 6.51. The first-order valence-corrected chi connectivity index (χ1v) is 9.04. The van der Waals surface area contributed by atoms with Gasteiger partial charge in [-0.05, 0) is 44.0 Å². The van der Waals surface area contributed by atoms with E-state index < -0.39 is 0 Å². The maximum absolute atomic E-state index is 12.6. The lowest BCUT2D eigenvalue weighted by Crippen LogP contribution is -2.46. The Bertz CT molecular complexity index is 747. The zero-order chi connectivity index (χ0) is 19.9. The SMILES string of the molecule is CN(C)c1ccc(C=NOCC(=O)N(Cc2ccccc2)C(C)(C)C)cc1. The van der Waals surface area contributed by atoms with Crippen molar-refractivity contribution in [3.63, 3.8) is 0 Å². The molecule has 0 aliphatic carbocycles. The quantitative estimate of drug-likeness (QED) is 0.550. The van der Waals surface area contributed by atoms with Crippen LogP contribution in [-0.2, 0) is 16.2 Å². The van der Waals surface area contributed by atoms with Crippen molar-refractivity contribution in [1.82, 2.24) is 4.90 Å². The van der Waals surface area contributed by atoms with Gasteiger partial charge in [0.15, 0.2) is 6.61 Å². The van der Waals surface area contributed by atoms with Crippen LogP contribution in [0.2, 0.25) is 0 Å². The van der Waals surface area contributed by atoms with Crippen molar-refractivity contribution in [2.45, 2.75) is 32.9 Å². The molecule has 0 atom stereocenters. The molecule has 0 N–H and O–H groups in total. The number of anilines is 1. The van der Waals surface area contributed by atoms with Gasteiger partial charge < -0.3 is 14.6 Å². The summed E-state index contributed by atoms with van der Waals surface area (Å²) < 4.78 is 0. The van der Waals surface area contributed by atoms with E-state index in [0.29, 0.717) is 6.54 Å². The van der Waals surface area contributed by atoms with Gasteiger partial charge in [0.05, 0.1) is 6.21 Å². The molecule has 1 amide bonds. The molecular weight excluding hydrogens is 338 g/mol. The van der Waals surface area contributed by atoms with E-state index in [0.717, 1.165) is 16.8 Å². The molecule has 0 saturated carbocycles. The zero-order valence-electron chi connectivity index (χ0n) is 16.8. The number of carbonyl (C=O) groups is 1. The third kappa shape index (κ3) is 6.44. The Balaban J connectivity index is 1.93. The highest BCUT2D eigenvalue weighted by atomic mass is 16.6. The fraction of sp³-hybridized carbons (Fsp3) is 0.364. The summed E-state index contributed by atoms with van der Waals surface area (Å²) >= 11 is 0. The third-order valence-electron chi connectivity index (χ3n) is 4.17. The molecule has 5 heteroatoms. The predicted octanol–water partition coefficient (Wildman–Crippen LogP) is 3.93. The van der Waals surface area contributed by atoms with Crippen molar-refractivity contribution >= 4 is 17.8 Å². The average Bonchev–Trinajstić information content (AvgIpc) is 2.63. The monoisotopic (exact) mass is 367 g/mol. The molecule has 2 aromatic rings. The molecule has 144 valence electrons. The lowest BCUT2D eigenvalue weighted by Gasteiger charge is -2.35. The van der Waals surface area contributed by atoms with Crippen molar-refractivity contribution in [3.8, 4) is 0 Å². The van der Waals surface area contributed by atoms with Gasteiger partial charge in [0.25, 0.3) is 5.91 Å². The van der Waals surface area contributed by atoms with Gasteiger partial charge in [0.1, 0.15) is 0 Å². The maximum Gasteiger partial charge on any atom is 0.264 e. The van der Waals surface area contributed by atoms with Gasteiger partial charge in [0.2, 0.25) is 0 Å². The van der Waals surface area contributed by atoms with Crippen molar-refractivity contribution in [1.29, 1.82) is 0 Å². The molecule has 0 unspecified atom stereocenters. The molecule has 0 radical (unpaired) electrons. The zero-order valence-corrected chi connectivity index (χ0v) is 16.8. The highest BCUT2D eigenvalue weighted by Gasteiger charge is 2.26. The van der Waals surface area contributed by atoms with E-state index in [9.17, 15) is 4.79 Å². The first-order valence-electron chi connectivity index (χ1n) is 9.04. The van der Waals surface area contributed by atoms with Gasteiger partial charge in [0, 0.05) is 31.9 Å². The van der Waals surface area contributed by atoms with Crippen LogP contribution in [0.3, 0.4) is 0 Å². The fourth-order valence-electron chi connectivity index (χ4n) is 2.59. The first-order chi connectivity index (χ1) is 12.8. The number of oxime groups is 1. The number of carbonyl (C=O) groups excluding carboxylic acids is 1. The minimum Gasteiger partial charge on any atom is -0.386 e. The van der Waals surface area contributed by atoms with Crippen LogP contribution in [0.1, 0.15) is 31.9 Å².